The minimum absolute atomic E-state index is 0.00853. The largest absolute Gasteiger partial charge is 0.281 e. The van der Waals surface area contributed by atoms with Gasteiger partial charge in [0.15, 0.2) is 23.1 Å². The van der Waals surface area contributed by atoms with Crippen LogP contribution in [-0.4, -0.2) is 41.2 Å². The highest BCUT2D eigenvalue weighted by Crippen LogP contribution is 2.22. The van der Waals surface area contributed by atoms with E-state index in [1.165, 1.54) is 41.9 Å². The van der Waals surface area contributed by atoms with E-state index in [1.54, 1.807) is 0 Å². The first-order valence-corrected chi connectivity index (χ1v) is 8.73. The molecule has 0 bridgehead atoms. The molecule has 0 unspecified atom stereocenters. The molecule has 0 atom stereocenters. The van der Waals surface area contributed by atoms with E-state index < -0.39 is 15.5 Å². The number of hydrogen-bond donors (Lipinski definition) is 0. The maximum Gasteiger partial charge on any atom is 0.224 e. The highest BCUT2D eigenvalue weighted by Gasteiger charge is 2.13. The molecular formula is C12H10ClFN6OS. The molecule has 0 amide bonds. The van der Waals surface area contributed by atoms with Gasteiger partial charge in [-0.3, -0.25) is 9.55 Å². The Balaban J connectivity index is 2.22. The molecule has 3 aromatic heterocycles. The zero-order chi connectivity index (χ0) is 15.9. The molecule has 0 N–H and O–H groups in total. The average Bonchev–Trinajstić information content (AvgIpc) is 2.74. The lowest BCUT2D eigenvalue weighted by Gasteiger charge is -2.04. The van der Waals surface area contributed by atoms with Crippen LogP contribution in [0.1, 0.15) is 0 Å². The fourth-order valence-electron chi connectivity index (χ4n) is 1.85. The van der Waals surface area contributed by atoms with Crippen molar-refractivity contribution in [3.8, 4) is 5.82 Å². The van der Waals surface area contributed by atoms with E-state index in [0.717, 1.165) is 0 Å². The molecule has 22 heavy (non-hydrogen) atoms. The van der Waals surface area contributed by atoms with Crippen molar-refractivity contribution in [1.82, 2.24) is 24.5 Å². The van der Waals surface area contributed by atoms with Crippen molar-refractivity contribution in [3.05, 3.63) is 35.9 Å². The number of hydrogen-bond acceptors (Lipinski definition) is 6. The maximum absolute atomic E-state index is 13.9. The van der Waals surface area contributed by atoms with E-state index >= 15 is 0 Å². The van der Waals surface area contributed by atoms with Crippen molar-refractivity contribution in [2.45, 2.75) is 0 Å². The van der Waals surface area contributed by atoms with Gasteiger partial charge in [0.2, 0.25) is 5.28 Å². The number of nitrogens with zero attached hydrogens (tertiary/aromatic N) is 6. The first kappa shape index (κ1) is 14.8. The van der Waals surface area contributed by atoms with Crippen LogP contribution in [0.15, 0.2) is 29.2 Å². The topological polar surface area (TPSA) is 85.9 Å². The minimum atomic E-state index is -2.38. The number of rotatable bonds is 2. The zero-order valence-electron chi connectivity index (χ0n) is 11.6. The molecule has 0 saturated carbocycles. The molecular weight excluding hydrogens is 331 g/mol. The fraction of sp³-hybridized carbons (Fsp3) is 0.167. The molecule has 0 aliphatic heterocycles. The van der Waals surface area contributed by atoms with Crippen LogP contribution in [-0.2, 0) is 9.73 Å². The zero-order valence-corrected chi connectivity index (χ0v) is 13.1. The quantitative estimate of drug-likeness (QED) is 0.668. The van der Waals surface area contributed by atoms with Crippen LogP contribution >= 0.6 is 11.6 Å². The molecule has 7 nitrogen and oxygen atoms in total. The second kappa shape index (κ2) is 5.25. The molecule has 10 heteroatoms. The highest BCUT2D eigenvalue weighted by atomic mass is 35.5. The van der Waals surface area contributed by atoms with Gasteiger partial charge in [-0.2, -0.15) is 9.35 Å². The Morgan fingerprint density at radius 2 is 2.05 bits per heavy atom. The van der Waals surface area contributed by atoms with E-state index in [1.807, 2.05) is 0 Å². The third kappa shape index (κ3) is 2.90. The van der Waals surface area contributed by atoms with Gasteiger partial charge in [-0.25, -0.2) is 18.6 Å². The van der Waals surface area contributed by atoms with Gasteiger partial charge in [-0.1, -0.05) is 0 Å². The lowest BCUT2D eigenvalue weighted by atomic mass is 10.4. The molecule has 3 rings (SSSR count). The lowest BCUT2D eigenvalue weighted by Crippen LogP contribution is -1.99. The van der Waals surface area contributed by atoms with Gasteiger partial charge < -0.3 is 0 Å². The van der Waals surface area contributed by atoms with Crippen LogP contribution in [0.25, 0.3) is 16.9 Å². The third-order valence-electron chi connectivity index (χ3n) is 2.64. The molecule has 0 fully saturated rings. The minimum Gasteiger partial charge on any atom is -0.281 e. The Labute approximate surface area is 130 Å². The van der Waals surface area contributed by atoms with E-state index in [4.69, 9.17) is 11.6 Å². The molecule has 114 valence electrons. The molecule has 0 saturated heterocycles. The lowest BCUT2D eigenvalue weighted by molar-refractivity contribution is 0.635. The van der Waals surface area contributed by atoms with Gasteiger partial charge in [0, 0.05) is 34.6 Å². The second-order valence-corrected chi connectivity index (χ2v) is 7.61. The first-order chi connectivity index (χ1) is 10.3. The average molecular weight is 341 g/mol. The molecule has 0 spiro atoms. The molecule has 0 radical (unpaired) electrons. The van der Waals surface area contributed by atoms with Crippen molar-refractivity contribution in [2.24, 2.45) is 4.36 Å². The van der Waals surface area contributed by atoms with E-state index in [9.17, 15) is 8.60 Å². The molecule has 0 aliphatic rings. The van der Waals surface area contributed by atoms with E-state index in [2.05, 4.69) is 24.3 Å². The monoisotopic (exact) mass is 340 g/mol. The summed E-state index contributed by atoms with van der Waals surface area (Å²) in [5, 5.41) is 0.203. The van der Waals surface area contributed by atoms with Crippen molar-refractivity contribution in [2.75, 3.05) is 12.5 Å². The Bertz CT molecular complexity index is 986. The Morgan fingerprint density at radius 3 is 2.77 bits per heavy atom. The summed E-state index contributed by atoms with van der Waals surface area (Å²) in [4.78, 5) is 15.9. The van der Waals surface area contributed by atoms with E-state index in [0.29, 0.717) is 0 Å². The summed E-state index contributed by atoms with van der Waals surface area (Å²) in [5.74, 6) is -0.0333. The summed E-state index contributed by atoms with van der Waals surface area (Å²) >= 11 is 5.76. The van der Waals surface area contributed by atoms with Crippen molar-refractivity contribution < 1.29 is 8.60 Å². The van der Waals surface area contributed by atoms with Crippen molar-refractivity contribution in [3.63, 3.8) is 0 Å². The van der Waals surface area contributed by atoms with Gasteiger partial charge in [0.05, 0.1) is 17.8 Å². The van der Waals surface area contributed by atoms with Gasteiger partial charge in [-0.15, -0.1) is 0 Å². The van der Waals surface area contributed by atoms with E-state index in [-0.39, 0.29) is 28.0 Å². The van der Waals surface area contributed by atoms with Crippen molar-refractivity contribution >= 4 is 38.2 Å². The Kier molecular flexibility index (Phi) is 3.53. The van der Waals surface area contributed by atoms with Gasteiger partial charge >= 0.3 is 0 Å². The van der Waals surface area contributed by atoms with Crippen LogP contribution < -0.4 is 0 Å². The number of halogens is 2. The summed E-state index contributed by atoms with van der Waals surface area (Å²) in [6.07, 6.45) is 8.26. The fourth-order valence-corrected chi connectivity index (χ4v) is 2.52. The SMILES string of the molecule is CS(C)(=O)=Nc1cncc(-n2cc(F)c3cnc(Cl)nc32)n1. The summed E-state index contributed by atoms with van der Waals surface area (Å²) in [6, 6.07) is 0. The second-order valence-electron chi connectivity index (χ2n) is 4.73. The maximum atomic E-state index is 13.9. The summed E-state index contributed by atoms with van der Waals surface area (Å²) in [5.41, 5.74) is 0.262. The van der Waals surface area contributed by atoms with Crippen LogP contribution in [0.3, 0.4) is 0 Å². The number of aromatic nitrogens is 5. The Morgan fingerprint density at radius 1 is 1.27 bits per heavy atom. The molecule has 3 aromatic rings. The van der Waals surface area contributed by atoms with Gasteiger partial charge in [-0.05, 0) is 11.6 Å². The van der Waals surface area contributed by atoms with Crippen LogP contribution in [0.2, 0.25) is 5.28 Å². The summed E-state index contributed by atoms with van der Waals surface area (Å²) < 4.78 is 31.0. The highest BCUT2D eigenvalue weighted by molar-refractivity contribution is 7.92. The molecule has 0 aromatic carbocycles. The normalized spacial score (nSPS) is 11.8. The summed E-state index contributed by atoms with van der Waals surface area (Å²) in [6.45, 7) is 0. The van der Waals surface area contributed by atoms with Crippen LogP contribution in [0.5, 0.6) is 0 Å². The standard InChI is InChI=1S/C12H10ClFN6OS/c1-22(2,21)19-9-4-15-5-10(17-9)20-6-8(14)7-3-16-12(13)18-11(7)20/h3-6H,1-2H3. The smallest absolute Gasteiger partial charge is 0.224 e. The number of fused-ring (bicyclic) bond motifs is 1. The van der Waals surface area contributed by atoms with Gasteiger partial charge in [0.1, 0.15) is 0 Å². The third-order valence-corrected chi connectivity index (χ3v) is 3.45. The van der Waals surface area contributed by atoms with Crippen LogP contribution in [0.4, 0.5) is 10.2 Å². The first-order valence-electron chi connectivity index (χ1n) is 6.02. The molecule has 0 aliphatic carbocycles. The van der Waals surface area contributed by atoms with Gasteiger partial charge in [0.25, 0.3) is 0 Å². The summed E-state index contributed by atoms with van der Waals surface area (Å²) in [7, 11) is -2.38. The predicted octanol–water partition coefficient (Wildman–Crippen LogP) is 2.36. The molecule has 3 heterocycles. The van der Waals surface area contributed by atoms with Crippen LogP contribution in [0, 0.1) is 5.82 Å². The predicted molar refractivity (Wildman–Crippen MR) is 81.5 cm³/mol. The Hall–Kier alpha value is -2.13. The van der Waals surface area contributed by atoms with Crippen molar-refractivity contribution in [1.29, 1.82) is 0 Å².